The van der Waals surface area contributed by atoms with Gasteiger partial charge >= 0.3 is 0 Å². The summed E-state index contributed by atoms with van der Waals surface area (Å²) in [7, 11) is 0. The molecule has 2 aromatic rings. The van der Waals surface area contributed by atoms with Gasteiger partial charge in [0.15, 0.2) is 11.5 Å². The summed E-state index contributed by atoms with van der Waals surface area (Å²) in [4.78, 5) is 30.5. The number of hydrogen-bond donors (Lipinski definition) is 1. The van der Waals surface area contributed by atoms with Crippen LogP contribution in [0.5, 0.6) is 11.5 Å². The minimum atomic E-state index is -0.677. The Labute approximate surface area is 217 Å². The van der Waals surface area contributed by atoms with E-state index in [1.807, 2.05) is 24.3 Å². The predicted molar refractivity (Wildman–Crippen MR) is 139 cm³/mol. The van der Waals surface area contributed by atoms with Crippen LogP contribution in [-0.4, -0.2) is 72.8 Å². The first-order valence-corrected chi connectivity index (χ1v) is 12.8. The number of ketones is 1. The monoisotopic (exact) mass is 506 g/mol. The van der Waals surface area contributed by atoms with Crippen LogP contribution in [0.15, 0.2) is 48.0 Å². The van der Waals surface area contributed by atoms with Gasteiger partial charge in [-0.15, -0.1) is 0 Å². The molecule has 2 saturated heterocycles. The summed E-state index contributed by atoms with van der Waals surface area (Å²) < 4.78 is 16.3. The molecule has 5 rings (SSSR count). The van der Waals surface area contributed by atoms with Crippen LogP contribution in [-0.2, 0) is 19.7 Å². The number of ether oxygens (including phenoxy) is 3. The van der Waals surface area contributed by atoms with Crippen molar-refractivity contribution < 1.29 is 28.9 Å². The van der Waals surface area contributed by atoms with Crippen molar-refractivity contribution >= 4 is 17.4 Å². The van der Waals surface area contributed by atoms with Crippen molar-refractivity contribution in [2.45, 2.75) is 38.6 Å². The molecule has 0 bridgehead atoms. The number of Topliss-reactive ketones (excluding diaryl/α,β-unsaturated/α-hetero) is 1. The van der Waals surface area contributed by atoms with E-state index in [2.05, 4.69) is 25.7 Å². The van der Waals surface area contributed by atoms with E-state index in [1.165, 1.54) is 0 Å². The molecule has 0 radical (unpaired) electrons. The Kier molecular flexibility index (Phi) is 6.96. The number of fused-ring (bicyclic) bond motifs is 1. The maximum atomic E-state index is 13.3. The highest BCUT2D eigenvalue weighted by Gasteiger charge is 2.46. The molecule has 3 aliphatic heterocycles. The molecule has 2 aromatic carbocycles. The van der Waals surface area contributed by atoms with E-state index in [4.69, 9.17) is 14.2 Å². The number of hydrogen-bond acceptors (Lipinski definition) is 7. The molecule has 8 heteroatoms. The number of carbonyl (C=O) groups excluding carboxylic acids is 2. The first kappa shape index (κ1) is 25.3. The van der Waals surface area contributed by atoms with Crippen LogP contribution in [0.2, 0.25) is 0 Å². The first-order chi connectivity index (χ1) is 17.7. The number of aliphatic hydroxyl groups is 1. The highest BCUT2D eigenvalue weighted by molar-refractivity contribution is 6.46. The zero-order chi connectivity index (χ0) is 26.2. The Morgan fingerprint density at radius 1 is 0.973 bits per heavy atom. The lowest BCUT2D eigenvalue weighted by Gasteiger charge is -2.29. The highest BCUT2D eigenvalue weighted by Crippen LogP contribution is 2.42. The number of nitrogens with zero attached hydrogens (tertiary/aromatic N) is 2. The fourth-order valence-electron chi connectivity index (χ4n) is 5.11. The number of amides is 1. The molecule has 0 saturated carbocycles. The van der Waals surface area contributed by atoms with Gasteiger partial charge < -0.3 is 24.2 Å². The first-order valence-electron chi connectivity index (χ1n) is 12.8. The standard InChI is InChI=1S/C29H34N2O6/c1-29(2,3)21-8-5-19(6-9-21)25-24(26(32)20-7-10-22-23(17-20)37-18-36-22)27(33)28(34)31(25)12-4-11-30-13-15-35-16-14-30/h5-10,17,25,32H,4,11-16,18H2,1-3H3. The third-order valence-electron chi connectivity index (χ3n) is 7.26. The van der Waals surface area contributed by atoms with Crippen molar-refractivity contribution in [1.82, 2.24) is 9.80 Å². The fraction of sp³-hybridized carbons (Fsp3) is 0.448. The van der Waals surface area contributed by atoms with E-state index < -0.39 is 17.7 Å². The largest absolute Gasteiger partial charge is 0.507 e. The lowest BCUT2D eigenvalue weighted by atomic mass is 9.85. The average Bonchev–Trinajstić information content (AvgIpc) is 3.46. The van der Waals surface area contributed by atoms with Gasteiger partial charge in [-0.1, -0.05) is 45.0 Å². The van der Waals surface area contributed by atoms with Crippen LogP contribution in [0.4, 0.5) is 0 Å². The third-order valence-corrected chi connectivity index (χ3v) is 7.26. The van der Waals surface area contributed by atoms with Crippen LogP contribution in [0.25, 0.3) is 5.76 Å². The average molecular weight is 507 g/mol. The SMILES string of the molecule is CC(C)(C)c1ccc(C2C(=C(O)c3ccc4c(c3)OCO4)C(=O)C(=O)N2CCCN2CCOCC2)cc1. The number of rotatable bonds is 6. The van der Waals surface area contributed by atoms with E-state index in [0.29, 0.717) is 43.2 Å². The summed E-state index contributed by atoms with van der Waals surface area (Å²) >= 11 is 0. The highest BCUT2D eigenvalue weighted by atomic mass is 16.7. The van der Waals surface area contributed by atoms with Gasteiger partial charge in [0, 0.05) is 31.7 Å². The molecule has 1 atom stereocenters. The number of aliphatic hydroxyl groups excluding tert-OH is 1. The van der Waals surface area contributed by atoms with E-state index in [9.17, 15) is 14.7 Å². The maximum absolute atomic E-state index is 13.3. The van der Waals surface area contributed by atoms with Gasteiger partial charge in [0.25, 0.3) is 11.7 Å². The Balaban J connectivity index is 1.49. The predicted octanol–water partition coefficient (Wildman–Crippen LogP) is 3.86. The van der Waals surface area contributed by atoms with Gasteiger partial charge in [0.05, 0.1) is 24.8 Å². The summed E-state index contributed by atoms with van der Waals surface area (Å²) in [6.07, 6.45) is 0.716. The van der Waals surface area contributed by atoms with Crippen molar-refractivity contribution in [2.24, 2.45) is 0 Å². The zero-order valence-electron chi connectivity index (χ0n) is 21.7. The quantitative estimate of drug-likeness (QED) is 0.362. The molecule has 8 nitrogen and oxygen atoms in total. The number of carbonyl (C=O) groups is 2. The Morgan fingerprint density at radius 3 is 2.38 bits per heavy atom. The van der Waals surface area contributed by atoms with E-state index in [1.54, 1.807) is 23.1 Å². The second-order valence-corrected chi connectivity index (χ2v) is 10.7. The molecule has 0 aromatic heterocycles. The topological polar surface area (TPSA) is 88.5 Å². The van der Waals surface area contributed by atoms with Gasteiger partial charge in [-0.25, -0.2) is 0 Å². The van der Waals surface area contributed by atoms with Crippen molar-refractivity contribution in [3.8, 4) is 11.5 Å². The van der Waals surface area contributed by atoms with Crippen molar-refractivity contribution in [2.75, 3.05) is 46.2 Å². The molecule has 196 valence electrons. The Morgan fingerprint density at radius 2 is 1.68 bits per heavy atom. The number of benzene rings is 2. The molecular weight excluding hydrogens is 472 g/mol. The fourth-order valence-corrected chi connectivity index (χ4v) is 5.11. The van der Waals surface area contributed by atoms with Gasteiger partial charge in [-0.3, -0.25) is 14.5 Å². The maximum Gasteiger partial charge on any atom is 0.295 e. The molecule has 1 amide bonds. The Bertz CT molecular complexity index is 1210. The second kappa shape index (κ2) is 10.2. The molecule has 0 spiro atoms. The summed E-state index contributed by atoms with van der Waals surface area (Å²) in [5, 5.41) is 11.4. The molecular formula is C29H34N2O6. The van der Waals surface area contributed by atoms with Crippen LogP contribution in [0, 0.1) is 0 Å². The van der Waals surface area contributed by atoms with E-state index >= 15 is 0 Å². The van der Waals surface area contributed by atoms with E-state index in [0.717, 1.165) is 30.8 Å². The third kappa shape index (κ3) is 5.08. The smallest absolute Gasteiger partial charge is 0.295 e. The van der Waals surface area contributed by atoms with Gasteiger partial charge in [-0.05, 0) is 41.2 Å². The van der Waals surface area contributed by atoms with Gasteiger partial charge in [0.2, 0.25) is 6.79 Å². The molecule has 1 N–H and O–H groups in total. The minimum absolute atomic E-state index is 0.0367. The van der Waals surface area contributed by atoms with Crippen LogP contribution >= 0.6 is 0 Å². The lowest BCUT2D eigenvalue weighted by molar-refractivity contribution is -0.140. The molecule has 0 aliphatic carbocycles. The summed E-state index contributed by atoms with van der Waals surface area (Å²) in [6, 6.07) is 12.3. The molecule has 3 aliphatic rings. The molecule has 1 unspecified atom stereocenters. The normalized spacial score (nSPS) is 21.6. The van der Waals surface area contributed by atoms with Crippen LogP contribution < -0.4 is 9.47 Å². The molecule has 2 fully saturated rings. The lowest BCUT2D eigenvalue weighted by Crippen LogP contribution is -2.39. The summed E-state index contributed by atoms with van der Waals surface area (Å²) in [5.41, 5.74) is 2.41. The van der Waals surface area contributed by atoms with Crippen molar-refractivity contribution in [3.05, 3.63) is 64.7 Å². The summed E-state index contributed by atoms with van der Waals surface area (Å²) in [6.45, 7) is 10.9. The second-order valence-electron chi connectivity index (χ2n) is 10.7. The van der Waals surface area contributed by atoms with Crippen LogP contribution in [0.3, 0.4) is 0 Å². The van der Waals surface area contributed by atoms with E-state index in [-0.39, 0.29) is 23.5 Å². The summed E-state index contributed by atoms with van der Waals surface area (Å²) in [5.74, 6) is -0.401. The molecule has 37 heavy (non-hydrogen) atoms. The van der Waals surface area contributed by atoms with Gasteiger partial charge in [0.1, 0.15) is 5.76 Å². The number of likely N-dealkylation sites (tertiary alicyclic amines) is 1. The van der Waals surface area contributed by atoms with Gasteiger partial charge in [-0.2, -0.15) is 0 Å². The minimum Gasteiger partial charge on any atom is -0.507 e. The molecule has 3 heterocycles. The Hall–Kier alpha value is -3.36. The van der Waals surface area contributed by atoms with Crippen molar-refractivity contribution in [3.63, 3.8) is 0 Å². The zero-order valence-corrected chi connectivity index (χ0v) is 21.7. The number of morpholine rings is 1. The van der Waals surface area contributed by atoms with Crippen LogP contribution in [0.1, 0.15) is 49.9 Å². The van der Waals surface area contributed by atoms with Crippen molar-refractivity contribution in [1.29, 1.82) is 0 Å².